The van der Waals surface area contributed by atoms with Gasteiger partial charge in [-0.2, -0.15) is 13.2 Å². The van der Waals surface area contributed by atoms with Crippen molar-refractivity contribution < 1.29 is 32.2 Å². The maximum absolute atomic E-state index is 13.1. The van der Waals surface area contributed by atoms with Crippen LogP contribution in [-0.2, 0) is 25.2 Å². The number of ether oxygens (including phenoxy) is 3. The Hall–Kier alpha value is -1.95. The van der Waals surface area contributed by atoms with E-state index >= 15 is 0 Å². The number of rotatable bonds is 5. The van der Waals surface area contributed by atoms with E-state index in [1.54, 1.807) is 7.11 Å². The number of nitrogens with zero attached hydrogens (tertiary/aromatic N) is 3. The Labute approximate surface area is 216 Å². The summed E-state index contributed by atoms with van der Waals surface area (Å²) >= 11 is 0. The normalized spacial score (nSPS) is 28.6. The van der Waals surface area contributed by atoms with E-state index in [0.29, 0.717) is 44.6 Å². The van der Waals surface area contributed by atoms with Gasteiger partial charge in [-0.05, 0) is 50.7 Å². The summed E-state index contributed by atoms with van der Waals surface area (Å²) in [5, 5.41) is 3.67. The fourth-order valence-corrected chi connectivity index (χ4v) is 5.49. The van der Waals surface area contributed by atoms with E-state index in [1.807, 2.05) is 9.80 Å². The van der Waals surface area contributed by atoms with Crippen molar-refractivity contribution in [1.29, 1.82) is 0 Å². The highest BCUT2D eigenvalue weighted by Gasteiger charge is 2.37. The zero-order chi connectivity index (χ0) is 26.3. The topological polar surface area (TPSA) is 76.2 Å². The number of carbonyl (C=O) groups excluding carboxylic acids is 1. The molecule has 37 heavy (non-hydrogen) atoms. The molecule has 4 aliphatic rings. The minimum atomic E-state index is -4.39. The third kappa shape index (κ3) is 7.78. The van der Waals surface area contributed by atoms with Crippen LogP contribution >= 0.6 is 0 Å². The van der Waals surface area contributed by atoms with Gasteiger partial charge in [0.15, 0.2) is 0 Å². The molecule has 3 saturated heterocycles. The van der Waals surface area contributed by atoms with E-state index in [9.17, 15) is 18.0 Å². The lowest BCUT2D eigenvalue weighted by Gasteiger charge is -2.37. The quantitative estimate of drug-likeness (QED) is 0.630. The van der Waals surface area contributed by atoms with Crippen LogP contribution in [-0.4, -0.2) is 93.7 Å². The lowest BCUT2D eigenvalue weighted by atomic mass is 10.0. The zero-order valence-corrected chi connectivity index (χ0v) is 21.5. The first-order chi connectivity index (χ1) is 17.8. The van der Waals surface area contributed by atoms with Crippen LogP contribution in [0.1, 0.15) is 44.1 Å². The number of pyridine rings is 1. The van der Waals surface area contributed by atoms with E-state index in [4.69, 9.17) is 14.2 Å². The summed E-state index contributed by atoms with van der Waals surface area (Å²) in [6.07, 6.45) is 2.91. The number of carbonyl (C=O) groups is 1. The Kier molecular flexibility index (Phi) is 10.0. The summed E-state index contributed by atoms with van der Waals surface area (Å²) in [7, 11) is 1.70. The first kappa shape index (κ1) is 28.1. The lowest BCUT2D eigenvalue weighted by Crippen LogP contribution is -2.51. The molecule has 4 heterocycles. The number of aromatic nitrogens is 1. The number of hydrogen-bond acceptors (Lipinski definition) is 7. The number of halogens is 3. The molecule has 1 saturated carbocycles. The SMILES string of the molecule is C1CCOC1.COC1COCCC1NC1CCC(C(=O)N2CCN(c3cc(C(F)(F)F)ccn3)CC2)C1. The van der Waals surface area contributed by atoms with Crippen molar-refractivity contribution in [2.45, 2.75) is 62.9 Å². The minimum Gasteiger partial charge on any atom is -0.381 e. The fourth-order valence-electron chi connectivity index (χ4n) is 5.49. The molecule has 0 bridgehead atoms. The molecule has 8 nitrogen and oxygen atoms in total. The van der Waals surface area contributed by atoms with Crippen LogP contribution in [0.15, 0.2) is 18.3 Å². The Morgan fingerprint density at radius 2 is 1.84 bits per heavy atom. The molecule has 1 amide bonds. The van der Waals surface area contributed by atoms with Crippen molar-refractivity contribution in [3.8, 4) is 0 Å². The zero-order valence-electron chi connectivity index (χ0n) is 21.5. The number of piperazine rings is 1. The summed E-state index contributed by atoms with van der Waals surface area (Å²) in [6.45, 7) is 5.26. The standard InChI is InChI=1S/C22H31F3N4O3.C4H8O/c1-31-19-14-32-11-5-18(19)27-17-3-2-15(12-17)21(30)29-9-7-28(8-10-29)20-13-16(4-6-26-20)22(23,24)25;1-2-4-5-3-1/h4,6,13,15,17-19,27H,2-3,5,7-12,14H2,1H3;1-4H2. The first-order valence-corrected chi connectivity index (χ1v) is 13.4. The van der Waals surface area contributed by atoms with Crippen LogP contribution < -0.4 is 10.2 Å². The predicted molar refractivity (Wildman–Crippen MR) is 132 cm³/mol. The van der Waals surface area contributed by atoms with Crippen molar-refractivity contribution in [2.24, 2.45) is 5.92 Å². The van der Waals surface area contributed by atoms with Gasteiger partial charge in [0.2, 0.25) is 5.91 Å². The Morgan fingerprint density at radius 3 is 2.49 bits per heavy atom. The fraction of sp³-hybridized carbons (Fsp3) is 0.769. The van der Waals surface area contributed by atoms with E-state index < -0.39 is 11.7 Å². The Bertz CT molecular complexity index is 855. The van der Waals surface area contributed by atoms with Gasteiger partial charge in [0, 0.05) is 77.3 Å². The Morgan fingerprint density at radius 1 is 1.08 bits per heavy atom. The molecule has 11 heteroatoms. The van der Waals surface area contributed by atoms with Crippen LogP contribution in [0.3, 0.4) is 0 Å². The monoisotopic (exact) mass is 528 g/mol. The maximum Gasteiger partial charge on any atom is 0.416 e. The number of anilines is 1. The third-order valence-corrected chi connectivity index (χ3v) is 7.65. The molecule has 5 rings (SSSR count). The Balaban J connectivity index is 0.000000572. The van der Waals surface area contributed by atoms with Gasteiger partial charge in [0.25, 0.3) is 0 Å². The van der Waals surface area contributed by atoms with Gasteiger partial charge >= 0.3 is 6.18 Å². The molecule has 4 fully saturated rings. The molecular formula is C26H39F3N4O4. The highest BCUT2D eigenvalue weighted by molar-refractivity contribution is 5.79. The summed E-state index contributed by atoms with van der Waals surface area (Å²) in [5.41, 5.74) is -0.703. The molecule has 1 aromatic heterocycles. The third-order valence-electron chi connectivity index (χ3n) is 7.65. The van der Waals surface area contributed by atoms with Gasteiger partial charge in [-0.15, -0.1) is 0 Å². The van der Waals surface area contributed by atoms with Crippen molar-refractivity contribution >= 4 is 11.7 Å². The second-order valence-electron chi connectivity index (χ2n) is 10.2. The van der Waals surface area contributed by atoms with Gasteiger partial charge < -0.3 is 29.3 Å². The van der Waals surface area contributed by atoms with Crippen molar-refractivity contribution in [3.05, 3.63) is 23.9 Å². The van der Waals surface area contributed by atoms with Crippen molar-refractivity contribution in [3.63, 3.8) is 0 Å². The lowest BCUT2D eigenvalue weighted by molar-refractivity contribution is -0.137. The summed E-state index contributed by atoms with van der Waals surface area (Å²) < 4.78 is 54.9. The van der Waals surface area contributed by atoms with Crippen LogP contribution in [0.25, 0.3) is 0 Å². The molecule has 4 atom stereocenters. The number of amides is 1. The van der Waals surface area contributed by atoms with E-state index in [-0.39, 0.29) is 24.0 Å². The minimum absolute atomic E-state index is 0.00781. The largest absolute Gasteiger partial charge is 0.416 e. The highest BCUT2D eigenvalue weighted by atomic mass is 19.4. The van der Waals surface area contributed by atoms with E-state index in [1.165, 1.54) is 19.0 Å². The second-order valence-corrected chi connectivity index (χ2v) is 10.2. The molecule has 1 aromatic rings. The maximum atomic E-state index is 13.1. The number of alkyl halides is 3. The summed E-state index contributed by atoms with van der Waals surface area (Å²) in [5.74, 6) is 0.453. The average molecular weight is 529 g/mol. The van der Waals surface area contributed by atoms with Crippen molar-refractivity contribution in [2.75, 3.05) is 64.6 Å². The average Bonchev–Trinajstić information content (AvgIpc) is 3.64. The van der Waals surface area contributed by atoms with Crippen LogP contribution in [0.2, 0.25) is 0 Å². The van der Waals surface area contributed by atoms with Gasteiger partial charge in [-0.1, -0.05) is 0 Å². The van der Waals surface area contributed by atoms with E-state index in [2.05, 4.69) is 10.3 Å². The number of methoxy groups -OCH3 is 1. The molecule has 0 aromatic carbocycles. The molecule has 1 aliphatic carbocycles. The molecule has 1 N–H and O–H groups in total. The van der Waals surface area contributed by atoms with Crippen LogP contribution in [0, 0.1) is 5.92 Å². The number of hydrogen-bond donors (Lipinski definition) is 1. The summed E-state index contributed by atoms with van der Waals surface area (Å²) in [6, 6.07) is 2.59. The molecule has 4 unspecified atom stereocenters. The first-order valence-electron chi connectivity index (χ1n) is 13.4. The van der Waals surface area contributed by atoms with E-state index in [0.717, 1.165) is 57.6 Å². The van der Waals surface area contributed by atoms with Gasteiger partial charge in [-0.3, -0.25) is 4.79 Å². The molecule has 0 radical (unpaired) electrons. The van der Waals surface area contributed by atoms with Crippen LogP contribution in [0.4, 0.5) is 19.0 Å². The van der Waals surface area contributed by atoms with Gasteiger partial charge in [0.1, 0.15) is 5.82 Å². The molecular weight excluding hydrogens is 489 g/mol. The number of nitrogens with one attached hydrogen (secondary N) is 1. The van der Waals surface area contributed by atoms with Gasteiger partial charge in [0.05, 0.1) is 18.3 Å². The molecule has 3 aliphatic heterocycles. The van der Waals surface area contributed by atoms with Crippen molar-refractivity contribution in [1.82, 2.24) is 15.2 Å². The van der Waals surface area contributed by atoms with Crippen LogP contribution in [0.5, 0.6) is 0 Å². The van der Waals surface area contributed by atoms with Gasteiger partial charge in [-0.25, -0.2) is 4.98 Å². The predicted octanol–water partition coefficient (Wildman–Crippen LogP) is 3.11. The summed E-state index contributed by atoms with van der Waals surface area (Å²) in [4.78, 5) is 20.8. The molecule has 208 valence electrons. The molecule has 0 spiro atoms. The highest BCUT2D eigenvalue weighted by Crippen LogP contribution is 2.32. The second kappa shape index (κ2) is 13.2. The smallest absolute Gasteiger partial charge is 0.381 e.